The molecule has 0 aromatic heterocycles. The molecule has 3 amide bonds. The lowest BCUT2D eigenvalue weighted by molar-refractivity contribution is -0.143. The molecule has 0 fully saturated rings. The fourth-order valence-corrected chi connectivity index (χ4v) is 4.03. The van der Waals surface area contributed by atoms with Gasteiger partial charge in [0, 0.05) is 12.1 Å². The van der Waals surface area contributed by atoms with E-state index in [0.29, 0.717) is 24.9 Å². The number of aliphatic carboxylic acids is 1. The Bertz CT molecular complexity index is 961. The summed E-state index contributed by atoms with van der Waals surface area (Å²) in [5, 5.41) is 26.0. The maximum atomic E-state index is 12.7. The Balaban J connectivity index is 2.38. The van der Waals surface area contributed by atoms with E-state index in [0.717, 1.165) is 31.6 Å². The monoisotopic (exact) mass is 594 g/mol. The van der Waals surface area contributed by atoms with Crippen LogP contribution >= 0.6 is 0 Å². The summed E-state index contributed by atoms with van der Waals surface area (Å²) in [6.45, 7) is 13.0. The molecule has 0 heterocycles. The Hall–Kier alpha value is -3.06. The Labute approximate surface area is 249 Å². The van der Waals surface area contributed by atoms with Crippen LogP contribution in [0.5, 0.6) is 0 Å². The molecule has 1 rings (SSSR count). The molecule has 0 aliphatic heterocycles. The number of aliphatic hydroxyl groups excluding tert-OH is 1. The Morgan fingerprint density at radius 1 is 0.905 bits per heavy atom. The number of hydrogen-bond acceptors (Lipinski definition) is 8. The molecule has 1 aromatic carbocycles. The molecule has 0 spiro atoms. The summed E-state index contributed by atoms with van der Waals surface area (Å²) in [4.78, 5) is 50.8. The Kier molecular flexibility index (Phi) is 17.6. The fraction of sp³-hybridized carbons (Fsp3) is 0.667. The second kappa shape index (κ2) is 20.0. The van der Waals surface area contributed by atoms with Crippen molar-refractivity contribution in [2.75, 3.05) is 59.2 Å². The molecule has 0 saturated heterocycles. The van der Waals surface area contributed by atoms with Crippen molar-refractivity contribution in [3.05, 3.63) is 35.4 Å². The molecular weight excluding hydrogens is 544 g/mol. The number of carboxylic acids is 1. The number of carbonyl (C=O) groups excluding carboxylic acids is 3. The van der Waals surface area contributed by atoms with E-state index in [2.05, 4.69) is 55.5 Å². The smallest absolute Gasteiger partial charge is 0.328 e. The number of hydrogen-bond donors (Lipinski definition) is 5. The molecule has 12 heteroatoms. The summed E-state index contributed by atoms with van der Waals surface area (Å²) < 4.78 is 10.8. The average molecular weight is 595 g/mol. The zero-order valence-corrected chi connectivity index (χ0v) is 25.7. The van der Waals surface area contributed by atoms with Crippen LogP contribution in [0.25, 0.3) is 0 Å². The van der Waals surface area contributed by atoms with Gasteiger partial charge < -0.3 is 40.5 Å². The number of nitrogens with one attached hydrogen (secondary N) is 3. The molecule has 0 radical (unpaired) electrons. The van der Waals surface area contributed by atoms with Gasteiger partial charge >= 0.3 is 5.97 Å². The highest BCUT2D eigenvalue weighted by Gasteiger charge is 2.26. The van der Waals surface area contributed by atoms with Gasteiger partial charge in [0.2, 0.25) is 11.8 Å². The summed E-state index contributed by atoms with van der Waals surface area (Å²) in [7, 11) is 0. The van der Waals surface area contributed by atoms with Crippen molar-refractivity contribution < 1.29 is 38.9 Å². The zero-order valence-electron chi connectivity index (χ0n) is 25.7. The van der Waals surface area contributed by atoms with E-state index in [9.17, 15) is 24.3 Å². The SMILES string of the molecule is CCN(CC)CCCC[C@H](NC(=O)COCCOCCNC(=O)c1ccc(C(C)(C)C)cc1)C(=O)N[C@@H](CO)C(=O)O. The first-order chi connectivity index (χ1) is 19.9. The van der Waals surface area contributed by atoms with Crippen LogP contribution in [0.2, 0.25) is 0 Å². The third-order valence-electron chi connectivity index (χ3n) is 6.71. The summed E-state index contributed by atoms with van der Waals surface area (Å²) in [5.74, 6) is -2.76. The number of ether oxygens (including phenoxy) is 2. The molecule has 0 aliphatic carbocycles. The van der Waals surface area contributed by atoms with E-state index in [4.69, 9.17) is 14.6 Å². The first-order valence-corrected chi connectivity index (χ1v) is 14.6. The van der Waals surface area contributed by atoms with Crippen molar-refractivity contribution in [3.8, 4) is 0 Å². The third kappa shape index (κ3) is 14.7. The van der Waals surface area contributed by atoms with E-state index < -0.39 is 36.5 Å². The van der Waals surface area contributed by atoms with Gasteiger partial charge in [0.25, 0.3) is 5.91 Å². The number of nitrogens with zero attached hydrogens (tertiary/aromatic N) is 1. The van der Waals surface area contributed by atoms with Crippen molar-refractivity contribution >= 4 is 23.7 Å². The van der Waals surface area contributed by atoms with Crippen LogP contribution in [-0.4, -0.2) is 110 Å². The van der Waals surface area contributed by atoms with Crippen LogP contribution in [0, 0.1) is 0 Å². The van der Waals surface area contributed by atoms with Gasteiger partial charge in [-0.2, -0.15) is 0 Å². The third-order valence-corrected chi connectivity index (χ3v) is 6.71. The van der Waals surface area contributed by atoms with Crippen LogP contribution in [0.3, 0.4) is 0 Å². The molecule has 1 aromatic rings. The van der Waals surface area contributed by atoms with Gasteiger partial charge in [-0.25, -0.2) is 4.79 Å². The van der Waals surface area contributed by atoms with Crippen molar-refractivity contribution in [1.29, 1.82) is 0 Å². The summed E-state index contributed by atoms with van der Waals surface area (Å²) in [6.07, 6.45) is 1.76. The van der Waals surface area contributed by atoms with Gasteiger partial charge in [-0.05, 0) is 62.0 Å². The van der Waals surface area contributed by atoms with E-state index in [1.807, 2.05) is 12.1 Å². The standard InChI is InChI=1S/C30H50N4O8/c1-6-34(7-2)16-9-8-10-24(28(38)33-25(20-35)29(39)40)32-26(36)21-42-19-18-41-17-15-31-27(37)22-11-13-23(14-12-22)30(3,4)5/h11-14,24-25,35H,6-10,15-21H2,1-5H3,(H,31,37)(H,32,36)(H,33,38)(H,39,40)/t24-,25-/m0/s1. The van der Waals surface area contributed by atoms with Gasteiger partial charge in [-0.15, -0.1) is 0 Å². The maximum Gasteiger partial charge on any atom is 0.328 e. The van der Waals surface area contributed by atoms with Crippen LogP contribution < -0.4 is 16.0 Å². The Morgan fingerprint density at radius 2 is 1.55 bits per heavy atom. The lowest BCUT2D eigenvalue weighted by Gasteiger charge is -2.22. The fourth-order valence-electron chi connectivity index (χ4n) is 4.03. The lowest BCUT2D eigenvalue weighted by Crippen LogP contribution is -2.53. The van der Waals surface area contributed by atoms with Crippen molar-refractivity contribution in [2.24, 2.45) is 0 Å². The molecule has 5 N–H and O–H groups in total. The van der Waals surface area contributed by atoms with Gasteiger partial charge in [-0.1, -0.05) is 46.8 Å². The van der Waals surface area contributed by atoms with Gasteiger partial charge in [0.05, 0.1) is 26.4 Å². The highest BCUT2D eigenvalue weighted by molar-refractivity contribution is 5.94. The van der Waals surface area contributed by atoms with Crippen LogP contribution in [0.4, 0.5) is 0 Å². The van der Waals surface area contributed by atoms with Gasteiger partial charge in [0.15, 0.2) is 0 Å². The Morgan fingerprint density at radius 3 is 2.12 bits per heavy atom. The number of aliphatic hydroxyl groups is 1. The summed E-state index contributed by atoms with van der Waals surface area (Å²) in [5.41, 5.74) is 1.73. The minimum atomic E-state index is -1.46. The summed E-state index contributed by atoms with van der Waals surface area (Å²) in [6, 6.07) is 5.07. The van der Waals surface area contributed by atoms with Crippen molar-refractivity contribution in [2.45, 2.75) is 71.4 Å². The number of rotatable bonds is 21. The molecule has 0 unspecified atom stereocenters. The molecule has 0 aliphatic rings. The zero-order chi connectivity index (χ0) is 31.5. The number of carbonyl (C=O) groups is 4. The number of amides is 3. The highest BCUT2D eigenvalue weighted by atomic mass is 16.5. The van der Waals surface area contributed by atoms with E-state index >= 15 is 0 Å². The van der Waals surface area contributed by atoms with Crippen LogP contribution in [0.15, 0.2) is 24.3 Å². The second-order valence-corrected chi connectivity index (χ2v) is 11.0. The lowest BCUT2D eigenvalue weighted by atomic mass is 9.87. The number of carboxylic acid groups (broad SMARTS) is 1. The van der Waals surface area contributed by atoms with Gasteiger partial charge in [-0.3, -0.25) is 14.4 Å². The molecule has 2 atom stereocenters. The van der Waals surface area contributed by atoms with E-state index in [-0.39, 0.29) is 37.7 Å². The van der Waals surface area contributed by atoms with Crippen molar-refractivity contribution in [3.63, 3.8) is 0 Å². The molecule has 0 saturated carbocycles. The first kappa shape index (κ1) is 37.0. The van der Waals surface area contributed by atoms with Crippen LogP contribution in [0.1, 0.15) is 69.8 Å². The minimum absolute atomic E-state index is 0.0128. The molecule has 12 nitrogen and oxygen atoms in total. The highest BCUT2D eigenvalue weighted by Crippen LogP contribution is 2.22. The predicted molar refractivity (Wildman–Crippen MR) is 159 cm³/mol. The van der Waals surface area contributed by atoms with E-state index in [1.165, 1.54) is 0 Å². The van der Waals surface area contributed by atoms with E-state index in [1.54, 1.807) is 12.1 Å². The predicted octanol–water partition coefficient (Wildman–Crippen LogP) is 1.31. The first-order valence-electron chi connectivity index (χ1n) is 14.6. The summed E-state index contributed by atoms with van der Waals surface area (Å²) >= 11 is 0. The average Bonchev–Trinajstić information content (AvgIpc) is 2.95. The molecule has 0 bridgehead atoms. The van der Waals surface area contributed by atoms with Gasteiger partial charge in [0.1, 0.15) is 18.7 Å². The molecular formula is C30H50N4O8. The maximum absolute atomic E-state index is 12.7. The number of unbranched alkanes of at least 4 members (excludes halogenated alkanes) is 1. The minimum Gasteiger partial charge on any atom is -0.480 e. The normalized spacial score (nSPS) is 12.9. The molecule has 238 valence electrons. The van der Waals surface area contributed by atoms with Crippen LogP contribution in [-0.2, 0) is 29.3 Å². The van der Waals surface area contributed by atoms with Crippen molar-refractivity contribution in [1.82, 2.24) is 20.9 Å². The number of benzene rings is 1. The topological polar surface area (TPSA) is 167 Å². The molecule has 42 heavy (non-hydrogen) atoms. The quantitative estimate of drug-likeness (QED) is 0.132. The largest absolute Gasteiger partial charge is 0.480 e. The second-order valence-electron chi connectivity index (χ2n) is 11.0.